The van der Waals surface area contributed by atoms with E-state index in [4.69, 9.17) is 21.1 Å². The lowest BCUT2D eigenvalue weighted by Gasteiger charge is -2.48. The van der Waals surface area contributed by atoms with Gasteiger partial charge in [-0.3, -0.25) is 9.78 Å². The summed E-state index contributed by atoms with van der Waals surface area (Å²) in [5, 5.41) is 22.1. The number of aromatic nitrogens is 1. The number of carbonyl (C=O) groups excluding carboxylic acids is 1. The van der Waals surface area contributed by atoms with Crippen molar-refractivity contribution in [3.8, 4) is 17.6 Å². The summed E-state index contributed by atoms with van der Waals surface area (Å²) >= 11 is 6.79. The standard InChI is InChI=1S/C39H51ClN6O3/c1-5-48-36-24-32-29(23-33(36)44-37(47)15-13-21-46(3)4)38(30(25-41)39(45-32)18-10-8-6-7-9-11-19-39)43-28-16-17-35(31(40)22-28)49-26-34-27(2)14-12-20-42-34/h12,14,16-17,20,22-24,30,38,43,45H,5-11,13,15,18-19,21,26H2,1-4H3,(H,44,47). The van der Waals surface area contributed by atoms with Crippen molar-refractivity contribution >= 4 is 34.6 Å². The quantitative estimate of drug-likeness (QED) is 0.173. The van der Waals surface area contributed by atoms with Gasteiger partial charge >= 0.3 is 0 Å². The highest BCUT2D eigenvalue weighted by Gasteiger charge is 2.48. The lowest BCUT2D eigenvalue weighted by atomic mass is 9.69. The predicted molar refractivity (Wildman–Crippen MR) is 198 cm³/mol. The van der Waals surface area contributed by atoms with Gasteiger partial charge in [0.05, 0.1) is 46.6 Å². The highest BCUT2D eigenvalue weighted by Crippen LogP contribution is 2.51. The Morgan fingerprint density at radius 2 is 1.84 bits per heavy atom. The van der Waals surface area contributed by atoms with Crippen molar-refractivity contribution in [2.45, 2.75) is 96.2 Å². The van der Waals surface area contributed by atoms with Crippen LogP contribution in [0, 0.1) is 24.2 Å². The molecule has 2 aromatic carbocycles. The van der Waals surface area contributed by atoms with Crippen LogP contribution in [-0.2, 0) is 11.4 Å². The van der Waals surface area contributed by atoms with Crippen LogP contribution in [-0.4, -0.2) is 48.6 Å². The third kappa shape index (κ3) is 9.17. The molecule has 2 atom stereocenters. The number of fused-ring (bicyclic) bond motifs is 1. The maximum Gasteiger partial charge on any atom is 0.224 e. The van der Waals surface area contributed by atoms with Crippen LogP contribution < -0.4 is 25.4 Å². The fourth-order valence-electron chi connectivity index (χ4n) is 7.16. The van der Waals surface area contributed by atoms with Crippen LogP contribution in [0.4, 0.5) is 17.1 Å². The molecule has 2 heterocycles. The van der Waals surface area contributed by atoms with Crippen molar-refractivity contribution in [3.63, 3.8) is 0 Å². The number of benzene rings is 2. The first kappa shape index (κ1) is 36.3. The van der Waals surface area contributed by atoms with Gasteiger partial charge in [-0.05, 0) is 89.6 Å². The fourth-order valence-corrected chi connectivity index (χ4v) is 7.39. The SMILES string of the molecule is CCOc1cc2c(cc1NC(=O)CCCN(C)C)C(Nc1ccc(OCc3ncccc3C)c(Cl)c1)C(C#N)C1(CCCCCCCC1)N2. The molecule has 1 spiro atoms. The molecule has 1 aliphatic carbocycles. The molecule has 10 heteroatoms. The first-order chi connectivity index (χ1) is 23.7. The average Bonchev–Trinajstić information content (AvgIpc) is 3.18. The molecule has 9 nitrogen and oxygen atoms in total. The largest absolute Gasteiger partial charge is 0.492 e. The zero-order valence-electron chi connectivity index (χ0n) is 29.4. The van der Waals surface area contributed by atoms with E-state index in [9.17, 15) is 10.1 Å². The molecule has 262 valence electrons. The van der Waals surface area contributed by atoms with Crippen molar-refractivity contribution < 1.29 is 14.3 Å². The average molecular weight is 687 g/mol. The van der Waals surface area contributed by atoms with E-state index in [1.165, 1.54) is 12.8 Å². The van der Waals surface area contributed by atoms with E-state index in [2.05, 4.69) is 31.9 Å². The zero-order chi connectivity index (χ0) is 34.8. The second kappa shape index (κ2) is 17.1. The first-order valence-corrected chi connectivity index (χ1v) is 18.1. The Labute approximate surface area is 296 Å². The number of aryl methyl sites for hydroxylation is 1. The second-order valence-corrected chi connectivity index (χ2v) is 14.1. The lowest BCUT2D eigenvalue weighted by molar-refractivity contribution is -0.116. The minimum absolute atomic E-state index is 0.0659. The Kier molecular flexibility index (Phi) is 12.7. The molecule has 3 N–H and O–H groups in total. The van der Waals surface area contributed by atoms with Crippen LogP contribution in [0.2, 0.25) is 5.02 Å². The Morgan fingerprint density at radius 1 is 1.08 bits per heavy atom. The summed E-state index contributed by atoms with van der Waals surface area (Å²) in [6.07, 6.45) is 11.6. The van der Waals surface area contributed by atoms with Gasteiger partial charge in [0.25, 0.3) is 0 Å². The Balaban J connectivity index is 1.49. The lowest BCUT2D eigenvalue weighted by Crippen LogP contribution is -2.52. The summed E-state index contributed by atoms with van der Waals surface area (Å²) < 4.78 is 12.2. The van der Waals surface area contributed by atoms with Crippen LogP contribution in [0.3, 0.4) is 0 Å². The topological polar surface area (TPSA) is 112 Å². The maximum atomic E-state index is 13.1. The number of anilines is 3. The second-order valence-electron chi connectivity index (χ2n) is 13.7. The third-order valence-electron chi connectivity index (χ3n) is 9.75. The monoisotopic (exact) mass is 686 g/mol. The van der Waals surface area contributed by atoms with E-state index >= 15 is 0 Å². The summed E-state index contributed by atoms with van der Waals surface area (Å²) in [5.41, 5.74) is 4.72. The van der Waals surface area contributed by atoms with E-state index in [-0.39, 0.29) is 17.9 Å². The van der Waals surface area contributed by atoms with Crippen LogP contribution in [0.25, 0.3) is 0 Å². The highest BCUT2D eigenvalue weighted by molar-refractivity contribution is 6.32. The molecule has 2 unspecified atom stereocenters. The Hall–Kier alpha value is -4.00. The summed E-state index contributed by atoms with van der Waals surface area (Å²) in [6.45, 7) is 5.55. The molecular weight excluding hydrogens is 636 g/mol. The molecular formula is C39H51ClN6O3. The smallest absolute Gasteiger partial charge is 0.224 e. The van der Waals surface area contributed by atoms with Gasteiger partial charge in [-0.1, -0.05) is 56.2 Å². The maximum absolute atomic E-state index is 13.1. The van der Waals surface area contributed by atoms with Crippen molar-refractivity contribution in [2.75, 3.05) is 43.2 Å². The van der Waals surface area contributed by atoms with E-state index in [0.717, 1.165) is 79.7 Å². The Morgan fingerprint density at radius 3 is 2.51 bits per heavy atom. The summed E-state index contributed by atoms with van der Waals surface area (Å²) in [6, 6.07) is 15.9. The summed E-state index contributed by atoms with van der Waals surface area (Å²) in [5.74, 6) is 0.730. The zero-order valence-corrected chi connectivity index (χ0v) is 30.2. The van der Waals surface area contributed by atoms with Gasteiger partial charge in [0.2, 0.25) is 5.91 Å². The molecule has 1 amide bonds. The van der Waals surface area contributed by atoms with E-state index in [0.29, 0.717) is 41.8 Å². The number of carbonyl (C=O) groups is 1. The molecule has 1 aliphatic heterocycles. The van der Waals surface area contributed by atoms with E-state index < -0.39 is 5.54 Å². The molecule has 0 radical (unpaired) electrons. The third-order valence-corrected chi connectivity index (χ3v) is 10.0. The van der Waals surface area contributed by atoms with Crippen LogP contribution in [0.1, 0.15) is 94.0 Å². The molecule has 1 fully saturated rings. The molecule has 1 saturated carbocycles. The fraction of sp³-hybridized carbons (Fsp3) is 0.513. The van der Waals surface area contributed by atoms with Gasteiger partial charge in [-0.2, -0.15) is 5.26 Å². The molecule has 5 rings (SSSR count). The van der Waals surface area contributed by atoms with Crippen molar-refractivity contribution in [3.05, 3.63) is 70.5 Å². The molecule has 2 aliphatic rings. The minimum Gasteiger partial charge on any atom is -0.492 e. The van der Waals surface area contributed by atoms with Crippen molar-refractivity contribution in [1.82, 2.24) is 9.88 Å². The van der Waals surface area contributed by atoms with Gasteiger partial charge in [-0.15, -0.1) is 0 Å². The van der Waals surface area contributed by atoms with Gasteiger partial charge in [-0.25, -0.2) is 0 Å². The normalized spacial score (nSPS) is 18.6. The molecule has 1 aromatic heterocycles. The van der Waals surface area contributed by atoms with Gasteiger partial charge in [0.1, 0.15) is 18.1 Å². The Bertz CT molecular complexity index is 1610. The predicted octanol–water partition coefficient (Wildman–Crippen LogP) is 8.89. The highest BCUT2D eigenvalue weighted by atomic mass is 35.5. The van der Waals surface area contributed by atoms with Gasteiger partial charge < -0.3 is 30.3 Å². The molecule has 3 aromatic rings. The van der Waals surface area contributed by atoms with Crippen molar-refractivity contribution in [2.24, 2.45) is 5.92 Å². The van der Waals surface area contributed by atoms with Crippen LogP contribution in [0.15, 0.2) is 48.7 Å². The minimum atomic E-state index is -0.419. The number of nitriles is 1. The van der Waals surface area contributed by atoms with E-state index in [1.807, 2.05) is 70.4 Å². The first-order valence-electron chi connectivity index (χ1n) is 17.8. The number of nitrogens with zero attached hydrogens (tertiary/aromatic N) is 3. The van der Waals surface area contributed by atoms with Crippen LogP contribution >= 0.6 is 11.6 Å². The van der Waals surface area contributed by atoms with Crippen LogP contribution in [0.5, 0.6) is 11.5 Å². The number of nitrogens with one attached hydrogen (secondary N) is 3. The van der Waals surface area contributed by atoms with E-state index in [1.54, 1.807) is 6.20 Å². The summed E-state index contributed by atoms with van der Waals surface area (Å²) in [4.78, 5) is 19.6. The number of hydrogen-bond acceptors (Lipinski definition) is 8. The number of ether oxygens (including phenoxy) is 2. The molecule has 0 saturated heterocycles. The van der Waals surface area contributed by atoms with Gasteiger partial charge in [0.15, 0.2) is 0 Å². The summed E-state index contributed by atoms with van der Waals surface area (Å²) in [7, 11) is 4.00. The number of halogens is 1. The molecule has 49 heavy (non-hydrogen) atoms. The number of rotatable bonds is 12. The number of pyridine rings is 1. The molecule has 0 bridgehead atoms. The number of amides is 1. The number of hydrogen-bond donors (Lipinski definition) is 3. The van der Waals surface area contributed by atoms with Gasteiger partial charge in [0, 0.05) is 35.6 Å². The van der Waals surface area contributed by atoms with Crippen molar-refractivity contribution in [1.29, 1.82) is 5.26 Å².